The van der Waals surface area contributed by atoms with Crippen molar-refractivity contribution in [1.82, 2.24) is 15.1 Å². The van der Waals surface area contributed by atoms with E-state index in [0.717, 1.165) is 55.0 Å². The lowest BCUT2D eigenvalue weighted by Crippen LogP contribution is -2.53. The molecule has 1 saturated heterocycles. The van der Waals surface area contributed by atoms with E-state index in [0.29, 0.717) is 32.1 Å². The minimum absolute atomic E-state index is 0.0234. The van der Waals surface area contributed by atoms with Crippen LogP contribution in [0, 0.1) is 5.92 Å². The van der Waals surface area contributed by atoms with Gasteiger partial charge in [-0.25, -0.2) is 9.59 Å². The summed E-state index contributed by atoms with van der Waals surface area (Å²) < 4.78 is 22.8. The Balaban J connectivity index is 1.22. The summed E-state index contributed by atoms with van der Waals surface area (Å²) in [7, 11) is 0. The molecule has 2 aromatic rings. The van der Waals surface area contributed by atoms with Gasteiger partial charge >= 0.3 is 12.2 Å². The van der Waals surface area contributed by atoms with Crippen molar-refractivity contribution in [2.75, 3.05) is 44.3 Å². The first-order chi connectivity index (χ1) is 22.2. The summed E-state index contributed by atoms with van der Waals surface area (Å²) in [5.74, 6) is 1.17. The van der Waals surface area contributed by atoms with Crippen LogP contribution in [0.25, 0.3) is 0 Å². The smallest absolute Gasteiger partial charge is 0.410 e. The highest BCUT2D eigenvalue weighted by Gasteiger charge is 2.39. The van der Waals surface area contributed by atoms with Gasteiger partial charge in [0.1, 0.15) is 30.6 Å². The van der Waals surface area contributed by atoms with Crippen molar-refractivity contribution in [3.63, 3.8) is 0 Å². The summed E-state index contributed by atoms with van der Waals surface area (Å²) in [6.07, 6.45) is 0.0168. The lowest BCUT2D eigenvalue weighted by molar-refractivity contribution is 0.00545. The quantitative estimate of drug-likeness (QED) is 0.389. The Morgan fingerprint density at radius 3 is 2.28 bits per heavy atom. The Hall–Kier alpha value is -3.70. The van der Waals surface area contributed by atoms with E-state index in [-0.39, 0.29) is 24.1 Å². The molecule has 0 bridgehead atoms. The summed E-state index contributed by atoms with van der Waals surface area (Å²) in [4.78, 5) is 32.4. The van der Waals surface area contributed by atoms with E-state index in [2.05, 4.69) is 10.2 Å². The molecule has 5 rings (SSSR count). The third kappa shape index (κ3) is 8.81. The number of carbonyl (C=O) groups excluding carboxylic acids is 2. The molecule has 258 valence electrons. The first kappa shape index (κ1) is 34.6. The number of amides is 2. The van der Waals surface area contributed by atoms with Crippen LogP contribution in [0.1, 0.15) is 78.5 Å². The van der Waals surface area contributed by atoms with Gasteiger partial charge in [0.25, 0.3) is 0 Å². The number of hydrogen-bond donors (Lipinski definition) is 2. The van der Waals surface area contributed by atoms with Gasteiger partial charge in [0, 0.05) is 50.4 Å². The molecule has 2 N–H and O–H groups in total. The van der Waals surface area contributed by atoms with Crippen LogP contribution in [-0.2, 0) is 16.0 Å². The molecule has 1 fully saturated rings. The van der Waals surface area contributed by atoms with E-state index in [4.69, 9.17) is 18.9 Å². The molecule has 3 aliphatic rings. The van der Waals surface area contributed by atoms with Gasteiger partial charge in [0.15, 0.2) is 11.5 Å². The van der Waals surface area contributed by atoms with E-state index in [1.807, 2.05) is 101 Å². The number of benzene rings is 2. The minimum atomic E-state index is -0.781. The Bertz CT molecular complexity index is 1400. The molecule has 2 amide bonds. The number of aliphatic hydroxyl groups excluding tert-OH is 1. The number of nitrogens with one attached hydrogen (secondary N) is 1. The van der Waals surface area contributed by atoms with Gasteiger partial charge < -0.3 is 44.1 Å². The standard InChI is InChI=1S/C36H52N4O7/c1-24-31(37-33(42)46-35(2,3)4)27-10-8-9-11-28(27)39(32(24)41)19-18-38-16-14-26(15-17-38)40(34(43)47-36(5,6)7)23-25-12-13-29-30(22-25)45-21-20-44-29/h8-13,22,24,26,31-32,41H,14-21,23H2,1-7H3,(H,37,42). The predicted octanol–water partition coefficient (Wildman–Crippen LogP) is 5.70. The summed E-state index contributed by atoms with van der Waals surface area (Å²) >= 11 is 0. The van der Waals surface area contributed by atoms with E-state index in [1.54, 1.807) is 0 Å². The normalized spacial score (nSPS) is 21.9. The third-order valence-corrected chi connectivity index (χ3v) is 8.81. The number of rotatable bonds is 7. The molecule has 0 saturated carbocycles. The van der Waals surface area contributed by atoms with Gasteiger partial charge in [-0.3, -0.25) is 0 Å². The number of carbonyl (C=O) groups is 2. The average Bonchev–Trinajstić information content (AvgIpc) is 3.00. The zero-order chi connectivity index (χ0) is 33.9. The highest BCUT2D eigenvalue weighted by Crippen LogP contribution is 2.40. The maximum atomic E-state index is 13.5. The molecular formula is C36H52N4O7. The van der Waals surface area contributed by atoms with E-state index < -0.39 is 23.5 Å². The number of anilines is 1. The lowest BCUT2D eigenvalue weighted by atomic mass is 9.86. The highest BCUT2D eigenvalue weighted by atomic mass is 16.6. The van der Waals surface area contributed by atoms with Crippen LogP contribution in [0.5, 0.6) is 11.5 Å². The number of hydrogen-bond acceptors (Lipinski definition) is 9. The maximum Gasteiger partial charge on any atom is 0.410 e. The van der Waals surface area contributed by atoms with Crippen LogP contribution >= 0.6 is 0 Å². The molecule has 11 nitrogen and oxygen atoms in total. The lowest BCUT2D eigenvalue weighted by Gasteiger charge is -2.45. The zero-order valence-corrected chi connectivity index (χ0v) is 29.0. The third-order valence-electron chi connectivity index (χ3n) is 8.81. The second-order valence-corrected chi connectivity index (χ2v) is 14.8. The van der Waals surface area contributed by atoms with Crippen LogP contribution in [0.4, 0.5) is 15.3 Å². The fourth-order valence-electron chi connectivity index (χ4n) is 6.54. The maximum absolute atomic E-state index is 13.5. The summed E-state index contributed by atoms with van der Waals surface area (Å²) in [5.41, 5.74) is 1.61. The SMILES string of the molecule is CC1C(NC(=O)OC(C)(C)C)c2ccccc2N(CCN2CCC(N(Cc3ccc4c(c3)OCCO4)C(=O)OC(C)(C)C)CC2)C1O. The summed E-state index contributed by atoms with van der Waals surface area (Å²) in [6, 6.07) is 13.4. The van der Waals surface area contributed by atoms with Crippen LogP contribution in [0.15, 0.2) is 42.5 Å². The second-order valence-electron chi connectivity index (χ2n) is 14.8. The fraction of sp³-hybridized carbons (Fsp3) is 0.611. The van der Waals surface area contributed by atoms with Crippen LogP contribution in [-0.4, -0.2) is 90.0 Å². The van der Waals surface area contributed by atoms with Crippen molar-refractivity contribution in [1.29, 1.82) is 0 Å². The topological polar surface area (TPSA) is 113 Å². The number of piperidine rings is 1. The van der Waals surface area contributed by atoms with Crippen LogP contribution in [0.2, 0.25) is 0 Å². The highest BCUT2D eigenvalue weighted by molar-refractivity contribution is 5.70. The molecule has 11 heteroatoms. The molecule has 47 heavy (non-hydrogen) atoms. The number of fused-ring (bicyclic) bond motifs is 2. The van der Waals surface area contributed by atoms with Crippen molar-refractivity contribution in [3.05, 3.63) is 53.6 Å². The van der Waals surface area contributed by atoms with Gasteiger partial charge in [-0.15, -0.1) is 0 Å². The first-order valence-corrected chi connectivity index (χ1v) is 16.8. The van der Waals surface area contributed by atoms with Crippen molar-refractivity contribution in [2.45, 2.75) is 97.4 Å². The van der Waals surface area contributed by atoms with Crippen LogP contribution in [0.3, 0.4) is 0 Å². The first-order valence-electron chi connectivity index (χ1n) is 16.8. The van der Waals surface area contributed by atoms with E-state index in [9.17, 15) is 14.7 Å². The van der Waals surface area contributed by atoms with Gasteiger partial charge in [-0.2, -0.15) is 0 Å². The second kappa shape index (κ2) is 14.2. The number of likely N-dealkylation sites (tertiary alicyclic amines) is 1. The van der Waals surface area contributed by atoms with Crippen molar-refractivity contribution < 1.29 is 33.6 Å². The molecule has 3 unspecified atom stereocenters. The summed E-state index contributed by atoms with van der Waals surface area (Å²) in [5, 5.41) is 14.4. The largest absolute Gasteiger partial charge is 0.486 e. The molecule has 0 radical (unpaired) electrons. The van der Waals surface area contributed by atoms with E-state index >= 15 is 0 Å². The average molecular weight is 653 g/mol. The van der Waals surface area contributed by atoms with E-state index in [1.165, 1.54) is 0 Å². The van der Waals surface area contributed by atoms with Crippen LogP contribution < -0.4 is 19.7 Å². The molecule has 3 atom stereocenters. The zero-order valence-electron chi connectivity index (χ0n) is 29.0. The summed E-state index contributed by atoms with van der Waals surface area (Å²) in [6.45, 7) is 17.6. The molecule has 3 aliphatic heterocycles. The molecule has 0 spiro atoms. The molecule has 0 aromatic heterocycles. The van der Waals surface area contributed by atoms with Gasteiger partial charge in [0.2, 0.25) is 0 Å². The Morgan fingerprint density at radius 1 is 0.936 bits per heavy atom. The number of alkyl carbamates (subject to hydrolysis) is 1. The minimum Gasteiger partial charge on any atom is -0.486 e. The number of aliphatic hydroxyl groups is 1. The van der Waals surface area contributed by atoms with Crippen molar-refractivity contribution in [3.8, 4) is 11.5 Å². The van der Waals surface area contributed by atoms with Crippen molar-refractivity contribution in [2.24, 2.45) is 5.92 Å². The Labute approximate surface area is 279 Å². The van der Waals surface area contributed by atoms with Gasteiger partial charge in [0.05, 0.1) is 6.04 Å². The van der Waals surface area contributed by atoms with Gasteiger partial charge in [-0.1, -0.05) is 31.2 Å². The number of ether oxygens (including phenoxy) is 4. The molecular weight excluding hydrogens is 600 g/mol. The Kier molecular flexibility index (Phi) is 10.5. The molecule has 3 heterocycles. The Morgan fingerprint density at radius 2 is 1.60 bits per heavy atom. The molecule has 0 aliphatic carbocycles. The number of nitrogens with zero attached hydrogens (tertiary/aromatic N) is 3. The number of para-hydroxylation sites is 1. The molecule has 2 aromatic carbocycles. The predicted molar refractivity (Wildman–Crippen MR) is 180 cm³/mol. The van der Waals surface area contributed by atoms with Gasteiger partial charge in [-0.05, 0) is 83.7 Å². The van der Waals surface area contributed by atoms with Crippen molar-refractivity contribution >= 4 is 17.9 Å². The monoisotopic (exact) mass is 652 g/mol. The fourth-order valence-corrected chi connectivity index (χ4v) is 6.54.